The van der Waals surface area contributed by atoms with E-state index in [1.165, 1.54) is 6.07 Å². The summed E-state index contributed by atoms with van der Waals surface area (Å²) in [7, 11) is 0. The highest BCUT2D eigenvalue weighted by atomic mass is 32.2. The maximum Gasteiger partial charge on any atom is 0.151 e. The summed E-state index contributed by atoms with van der Waals surface area (Å²) in [6, 6.07) is 2.12. The van der Waals surface area contributed by atoms with Gasteiger partial charge in [-0.1, -0.05) is 0 Å². The minimum Gasteiger partial charge on any atom is -0.395 e. The minimum absolute atomic E-state index is 0.0447. The van der Waals surface area contributed by atoms with Gasteiger partial charge in [0.1, 0.15) is 5.82 Å². The third-order valence-electron chi connectivity index (χ3n) is 2.42. The second-order valence-electron chi connectivity index (χ2n) is 3.42. The summed E-state index contributed by atoms with van der Waals surface area (Å²) in [6.45, 7) is 1.58. The third kappa shape index (κ3) is 2.17. The van der Waals surface area contributed by atoms with Crippen LogP contribution >= 0.6 is 11.8 Å². The lowest BCUT2D eigenvalue weighted by Gasteiger charge is -2.29. The number of rotatable bonds is 1. The Morgan fingerprint density at radius 1 is 1.20 bits per heavy atom. The molecule has 5 heteroatoms. The predicted molar refractivity (Wildman–Crippen MR) is 60.3 cm³/mol. The summed E-state index contributed by atoms with van der Waals surface area (Å²) >= 11 is 1.84. The molecular formula is C10H12F2N2S. The number of nitrogen functional groups attached to an aromatic ring is 1. The van der Waals surface area contributed by atoms with Crippen LogP contribution in [-0.4, -0.2) is 24.6 Å². The molecule has 2 N–H and O–H groups in total. The zero-order valence-electron chi connectivity index (χ0n) is 8.17. The molecule has 0 atom stereocenters. The molecular weight excluding hydrogens is 218 g/mol. The zero-order valence-corrected chi connectivity index (χ0v) is 8.99. The van der Waals surface area contributed by atoms with Crippen LogP contribution < -0.4 is 10.6 Å². The van der Waals surface area contributed by atoms with Gasteiger partial charge in [0.25, 0.3) is 0 Å². The van der Waals surface area contributed by atoms with Crippen LogP contribution in [0, 0.1) is 11.6 Å². The first kappa shape index (κ1) is 10.5. The normalized spacial score (nSPS) is 16.8. The van der Waals surface area contributed by atoms with Crippen LogP contribution in [-0.2, 0) is 0 Å². The molecule has 1 aliphatic heterocycles. The molecule has 1 aromatic rings. The van der Waals surface area contributed by atoms with E-state index in [9.17, 15) is 8.78 Å². The largest absolute Gasteiger partial charge is 0.395 e. The Morgan fingerprint density at radius 3 is 2.53 bits per heavy atom. The summed E-state index contributed by atoms with van der Waals surface area (Å²) < 4.78 is 26.2. The molecule has 0 aromatic heterocycles. The first-order valence-corrected chi connectivity index (χ1v) is 5.91. The first-order chi connectivity index (χ1) is 7.18. The van der Waals surface area contributed by atoms with Crippen LogP contribution in [0.15, 0.2) is 12.1 Å². The van der Waals surface area contributed by atoms with Crippen LogP contribution in [0.3, 0.4) is 0 Å². The van der Waals surface area contributed by atoms with E-state index in [4.69, 9.17) is 5.73 Å². The Morgan fingerprint density at radius 2 is 1.87 bits per heavy atom. The Balaban J connectivity index is 2.33. The van der Waals surface area contributed by atoms with Crippen LogP contribution in [0.1, 0.15) is 0 Å². The van der Waals surface area contributed by atoms with Gasteiger partial charge in [-0.15, -0.1) is 0 Å². The van der Waals surface area contributed by atoms with Crippen molar-refractivity contribution in [1.82, 2.24) is 0 Å². The molecule has 1 heterocycles. The smallest absolute Gasteiger partial charge is 0.151 e. The van der Waals surface area contributed by atoms with E-state index in [0.717, 1.165) is 30.7 Å². The van der Waals surface area contributed by atoms with Gasteiger partial charge in [0.2, 0.25) is 0 Å². The number of hydrogen-bond acceptors (Lipinski definition) is 3. The lowest BCUT2D eigenvalue weighted by Crippen LogP contribution is -2.33. The first-order valence-electron chi connectivity index (χ1n) is 4.75. The van der Waals surface area contributed by atoms with Gasteiger partial charge in [-0.25, -0.2) is 8.78 Å². The summed E-state index contributed by atoms with van der Waals surface area (Å²) in [5.41, 5.74) is 6.12. The molecule has 15 heavy (non-hydrogen) atoms. The van der Waals surface area contributed by atoms with Crippen molar-refractivity contribution in [2.75, 3.05) is 35.2 Å². The maximum atomic E-state index is 13.2. The summed E-state index contributed by atoms with van der Waals surface area (Å²) in [4.78, 5) is 1.93. The number of nitrogens with two attached hydrogens (primary N) is 1. The molecule has 2 rings (SSSR count). The topological polar surface area (TPSA) is 29.3 Å². The lowest BCUT2D eigenvalue weighted by atomic mass is 10.2. The molecule has 0 bridgehead atoms. The van der Waals surface area contributed by atoms with Crippen LogP contribution in [0.2, 0.25) is 0 Å². The van der Waals surface area contributed by atoms with Crippen molar-refractivity contribution in [3.05, 3.63) is 23.8 Å². The molecule has 1 aliphatic rings. The van der Waals surface area contributed by atoms with Gasteiger partial charge in [-0.2, -0.15) is 11.8 Å². The second kappa shape index (κ2) is 4.26. The molecule has 0 amide bonds. The van der Waals surface area contributed by atoms with E-state index in [0.29, 0.717) is 5.69 Å². The standard InChI is InChI=1S/C10H12F2N2S/c11-7-5-8(12)10(13)9(6-7)14-1-3-15-4-2-14/h5-6H,1-4,13H2. The predicted octanol–water partition coefficient (Wildman–Crippen LogP) is 2.10. The fraction of sp³-hybridized carbons (Fsp3) is 0.400. The quantitative estimate of drug-likeness (QED) is 0.749. The minimum atomic E-state index is -0.678. The number of nitrogens with zero attached hydrogens (tertiary/aromatic N) is 1. The van der Waals surface area contributed by atoms with E-state index in [1.54, 1.807) is 0 Å². The van der Waals surface area contributed by atoms with E-state index in [1.807, 2.05) is 16.7 Å². The van der Waals surface area contributed by atoms with Gasteiger partial charge >= 0.3 is 0 Å². The fourth-order valence-corrected chi connectivity index (χ4v) is 2.54. The molecule has 0 aliphatic carbocycles. The molecule has 0 radical (unpaired) electrons. The van der Waals surface area contributed by atoms with Crippen molar-refractivity contribution >= 4 is 23.1 Å². The van der Waals surface area contributed by atoms with Crippen molar-refractivity contribution in [2.24, 2.45) is 0 Å². The van der Waals surface area contributed by atoms with Gasteiger partial charge in [0.05, 0.1) is 11.4 Å². The lowest BCUT2D eigenvalue weighted by molar-refractivity contribution is 0.585. The van der Waals surface area contributed by atoms with Gasteiger partial charge in [-0.3, -0.25) is 0 Å². The van der Waals surface area contributed by atoms with Crippen LogP contribution in [0.4, 0.5) is 20.2 Å². The van der Waals surface area contributed by atoms with E-state index < -0.39 is 11.6 Å². The molecule has 2 nitrogen and oxygen atoms in total. The number of hydrogen-bond donors (Lipinski definition) is 1. The average Bonchev–Trinajstić information content (AvgIpc) is 2.24. The third-order valence-corrected chi connectivity index (χ3v) is 3.37. The SMILES string of the molecule is Nc1c(F)cc(F)cc1N1CCSCC1. The molecule has 82 valence electrons. The summed E-state index contributed by atoms with van der Waals surface area (Å²) in [6.07, 6.45) is 0. The second-order valence-corrected chi connectivity index (χ2v) is 4.64. The van der Waals surface area contributed by atoms with Crippen molar-refractivity contribution in [3.63, 3.8) is 0 Å². The van der Waals surface area contributed by atoms with E-state index in [-0.39, 0.29) is 5.69 Å². The highest BCUT2D eigenvalue weighted by Crippen LogP contribution is 2.29. The number of thioether (sulfide) groups is 1. The average molecular weight is 230 g/mol. The van der Waals surface area contributed by atoms with Crippen molar-refractivity contribution < 1.29 is 8.78 Å². The fourth-order valence-electron chi connectivity index (χ4n) is 1.64. The van der Waals surface area contributed by atoms with E-state index >= 15 is 0 Å². The van der Waals surface area contributed by atoms with Crippen molar-refractivity contribution in [3.8, 4) is 0 Å². The number of halogens is 2. The Labute approximate surface area is 91.4 Å². The molecule has 1 aromatic carbocycles. The zero-order chi connectivity index (χ0) is 10.8. The van der Waals surface area contributed by atoms with Crippen molar-refractivity contribution in [1.29, 1.82) is 0 Å². The Hall–Kier alpha value is -0.970. The summed E-state index contributed by atoms with van der Waals surface area (Å²) in [5, 5.41) is 0. The molecule has 1 saturated heterocycles. The number of benzene rings is 1. The monoisotopic (exact) mass is 230 g/mol. The van der Waals surface area contributed by atoms with Gasteiger partial charge in [-0.05, 0) is 6.07 Å². The van der Waals surface area contributed by atoms with E-state index in [2.05, 4.69) is 0 Å². The summed E-state index contributed by atoms with van der Waals surface area (Å²) in [5.74, 6) is 0.688. The Bertz CT molecular complexity index is 365. The number of anilines is 2. The van der Waals surface area contributed by atoms with Crippen molar-refractivity contribution in [2.45, 2.75) is 0 Å². The molecule has 0 saturated carbocycles. The Kier molecular flexibility index (Phi) is 3.00. The highest BCUT2D eigenvalue weighted by Gasteiger charge is 2.16. The molecule has 0 unspecified atom stereocenters. The van der Waals surface area contributed by atoms with Gasteiger partial charge in [0, 0.05) is 30.7 Å². The van der Waals surface area contributed by atoms with Gasteiger partial charge in [0.15, 0.2) is 5.82 Å². The molecule has 0 spiro atoms. The highest BCUT2D eigenvalue weighted by molar-refractivity contribution is 7.99. The van der Waals surface area contributed by atoms with Gasteiger partial charge < -0.3 is 10.6 Å². The molecule has 1 fully saturated rings. The van der Waals surface area contributed by atoms with Crippen LogP contribution in [0.25, 0.3) is 0 Å². The maximum absolute atomic E-state index is 13.2. The van der Waals surface area contributed by atoms with Crippen LogP contribution in [0.5, 0.6) is 0 Å².